The second kappa shape index (κ2) is 12.2. The Balaban J connectivity index is 3.04. The molecular formula is C11H26O3Si. The standard InChI is InChI=1S/C11H26O3Si/c1-4-5-6-7-8-9-15-14-10-11(12-2)13-3/h11H,4-10,15H2,1-3H3. The van der Waals surface area contributed by atoms with Crippen LogP contribution in [-0.4, -0.2) is 36.9 Å². The highest BCUT2D eigenvalue weighted by molar-refractivity contribution is 6.26. The van der Waals surface area contributed by atoms with Crippen LogP contribution < -0.4 is 0 Å². The van der Waals surface area contributed by atoms with Gasteiger partial charge in [0.15, 0.2) is 16.1 Å². The molecule has 0 heterocycles. The van der Waals surface area contributed by atoms with Crippen LogP contribution in [0.5, 0.6) is 0 Å². The molecule has 0 aliphatic carbocycles. The molecule has 0 unspecified atom stereocenters. The van der Waals surface area contributed by atoms with Gasteiger partial charge in [0, 0.05) is 14.2 Å². The molecule has 0 aromatic rings. The van der Waals surface area contributed by atoms with Crippen LogP contribution in [0.1, 0.15) is 39.0 Å². The molecular weight excluding hydrogens is 208 g/mol. The van der Waals surface area contributed by atoms with Crippen molar-refractivity contribution in [2.75, 3.05) is 20.8 Å². The summed E-state index contributed by atoms with van der Waals surface area (Å²) in [6.07, 6.45) is 6.58. The van der Waals surface area contributed by atoms with Gasteiger partial charge in [-0.25, -0.2) is 0 Å². The number of rotatable bonds is 11. The van der Waals surface area contributed by atoms with Gasteiger partial charge in [-0.3, -0.25) is 0 Å². The number of unbranched alkanes of at least 4 members (excludes halogenated alkanes) is 4. The van der Waals surface area contributed by atoms with E-state index < -0.39 is 0 Å². The Morgan fingerprint density at radius 1 is 1.00 bits per heavy atom. The van der Waals surface area contributed by atoms with Crippen LogP contribution in [0.15, 0.2) is 0 Å². The zero-order valence-electron chi connectivity index (χ0n) is 10.5. The predicted octanol–water partition coefficient (Wildman–Crippen LogP) is 2.09. The smallest absolute Gasteiger partial charge is 0.178 e. The summed E-state index contributed by atoms with van der Waals surface area (Å²) in [5.41, 5.74) is 0. The van der Waals surface area contributed by atoms with Crippen molar-refractivity contribution in [3.05, 3.63) is 0 Å². The summed E-state index contributed by atoms with van der Waals surface area (Å²) in [6.45, 7) is 2.83. The molecule has 0 spiro atoms. The van der Waals surface area contributed by atoms with Crippen molar-refractivity contribution in [2.45, 2.75) is 51.4 Å². The average molecular weight is 234 g/mol. The van der Waals surface area contributed by atoms with Crippen LogP contribution in [0.3, 0.4) is 0 Å². The van der Waals surface area contributed by atoms with Gasteiger partial charge in [-0.05, 0) is 6.04 Å². The van der Waals surface area contributed by atoms with Crippen LogP contribution in [0.4, 0.5) is 0 Å². The van der Waals surface area contributed by atoms with Gasteiger partial charge in [-0.1, -0.05) is 39.0 Å². The van der Waals surface area contributed by atoms with Crippen molar-refractivity contribution in [1.29, 1.82) is 0 Å². The Morgan fingerprint density at radius 3 is 2.27 bits per heavy atom. The SMILES string of the molecule is CCCCCCC[SiH2]OCC(OC)OC. The van der Waals surface area contributed by atoms with Crippen molar-refractivity contribution in [3.8, 4) is 0 Å². The molecule has 0 fully saturated rings. The van der Waals surface area contributed by atoms with E-state index in [0.717, 1.165) is 0 Å². The maximum Gasteiger partial charge on any atom is 0.178 e. The first-order valence-electron chi connectivity index (χ1n) is 5.98. The number of hydrogen-bond donors (Lipinski definition) is 0. The van der Waals surface area contributed by atoms with Crippen LogP contribution in [0.2, 0.25) is 6.04 Å². The Morgan fingerprint density at radius 2 is 1.67 bits per heavy atom. The van der Waals surface area contributed by atoms with E-state index in [1.165, 1.54) is 38.1 Å². The van der Waals surface area contributed by atoms with Crippen molar-refractivity contribution < 1.29 is 13.9 Å². The van der Waals surface area contributed by atoms with Crippen molar-refractivity contribution in [2.24, 2.45) is 0 Å². The third-order valence-electron chi connectivity index (χ3n) is 2.42. The monoisotopic (exact) mass is 234 g/mol. The first kappa shape index (κ1) is 15.1. The Hall–Kier alpha value is 0.0969. The maximum atomic E-state index is 5.57. The van der Waals surface area contributed by atoms with Gasteiger partial charge in [-0.15, -0.1) is 0 Å². The number of ether oxygens (including phenoxy) is 2. The van der Waals surface area contributed by atoms with Crippen LogP contribution in [0.25, 0.3) is 0 Å². The summed E-state index contributed by atoms with van der Waals surface area (Å²) in [5, 5.41) is 0. The van der Waals surface area contributed by atoms with E-state index in [0.29, 0.717) is 6.61 Å². The lowest BCUT2D eigenvalue weighted by Crippen LogP contribution is -2.21. The lowest BCUT2D eigenvalue weighted by atomic mass is 10.2. The minimum Gasteiger partial charge on any atom is -0.419 e. The van der Waals surface area contributed by atoms with Gasteiger partial charge in [0.05, 0.1) is 6.61 Å². The fourth-order valence-corrected chi connectivity index (χ4v) is 2.52. The molecule has 3 nitrogen and oxygen atoms in total. The van der Waals surface area contributed by atoms with E-state index in [1.807, 2.05) is 0 Å². The van der Waals surface area contributed by atoms with Gasteiger partial charge < -0.3 is 13.9 Å². The van der Waals surface area contributed by atoms with Crippen molar-refractivity contribution in [3.63, 3.8) is 0 Å². The first-order chi connectivity index (χ1) is 7.35. The van der Waals surface area contributed by atoms with Crippen LogP contribution in [-0.2, 0) is 13.9 Å². The highest BCUT2D eigenvalue weighted by Crippen LogP contribution is 2.05. The number of hydrogen-bond acceptors (Lipinski definition) is 3. The molecule has 0 radical (unpaired) electrons. The fourth-order valence-electron chi connectivity index (χ4n) is 1.40. The van der Waals surface area contributed by atoms with Gasteiger partial charge >= 0.3 is 0 Å². The highest BCUT2D eigenvalue weighted by atomic mass is 28.2. The molecule has 0 aromatic heterocycles. The Bertz CT molecular complexity index is 118. The van der Waals surface area contributed by atoms with E-state index in [4.69, 9.17) is 13.9 Å². The summed E-state index contributed by atoms with van der Waals surface area (Å²) in [5.74, 6) is 0. The molecule has 0 rings (SSSR count). The highest BCUT2D eigenvalue weighted by Gasteiger charge is 2.03. The maximum absolute atomic E-state index is 5.57. The van der Waals surface area contributed by atoms with Gasteiger partial charge in [0.2, 0.25) is 0 Å². The van der Waals surface area contributed by atoms with E-state index in [1.54, 1.807) is 14.2 Å². The Kier molecular flexibility index (Phi) is 12.2. The van der Waals surface area contributed by atoms with Crippen molar-refractivity contribution in [1.82, 2.24) is 0 Å². The largest absolute Gasteiger partial charge is 0.419 e. The number of methoxy groups -OCH3 is 2. The molecule has 0 aromatic carbocycles. The third kappa shape index (κ3) is 10.4. The first-order valence-corrected chi connectivity index (χ1v) is 7.56. The second-order valence-corrected chi connectivity index (χ2v) is 5.27. The van der Waals surface area contributed by atoms with Gasteiger partial charge in [0.1, 0.15) is 0 Å². The lowest BCUT2D eigenvalue weighted by molar-refractivity contribution is -0.121. The fraction of sp³-hybridized carbons (Fsp3) is 1.00. The zero-order chi connectivity index (χ0) is 11.4. The molecule has 0 saturated carbocycles. The lowest BCUT2D eigenvalue weighted by Gasteiger charge is -2.13. The minimum absolute atomic E-state index is 0.183. The third-order valence-corrected chi connectivity index (χ3v) is 3.73. The molecule has 15 heavy (non-hydrogen) atoms. The van der Waals surface area contributed by atoms with Crippen molar-refractivity contribution >= 4 is 9.76 Å². The van der Waals surface area contributed by atoms with E-state index in [2.05, 4.69) is 6.92 Å². The van der Waals surface area contributed by atoms with Crippen LogP contribution in [0, 0.1) is 0 Å². The topological polar surface area (TPSA) is 27.7 Å². The Labute approximate surface area is 96.4 Å². The van der Waals surface area contributed by atoms with Crippen LogP contribution >= 0.6 is 0 Å². The molecule has 0 bridgehead atoms. The molecule has 0 aliphatic heterocycles. The normalized spacial score (nSPS) is 12.0. The van der Waals surface area contributed by atoms with Gasteiger partial charge in [-0.2, -0.15) is 0 Å². The molecule has 0 aliphatic rings. The summed E-state index contributed by atoms with van der Waals surface area (Å²) in [4.78, 5) is 0. The molecule has 0 N–H and O–H groups in total. The summed E-state index contributed by atoms with van der Waals surface area (Å²) in [7, 11) is 2.94. The molecule has 0 atom stereocenters. The quantitative estimate of drug-likeness (QED) is 0.311. The molecule has 4 heteroatoms. The van der Waals surface area contributed by atoms with E-state index in [9.17, 15) is 0 Å². The molecule has 92 valence electrons. The molecule has 0 amide bonds. The minimum atomic E-state index is -0.344. The van der Waals surface area contributed by atoms with E-state index in [-0.39, 0.29) is 16.1 Å². The predicted molar refractivity (Wildman–Crippen MR) is 65.9 cm³/mol. The van der Waals surface area contributed by atoms with E-state index >= 15 is 0 Å². The summed E-state index contributed by atoms with van der Waals surface area (Å²) in [6, 6.07) is 1.28. The average Bonchev–Trinajstić information content (AvgIpc) is 2.27. The molecule has 0 saturated heterocycles. The summed E-state index contributed by atoms with van der Waals surface area (Å²) < 4.78 is 15.6. The summed E-state index contributed by atoms with van der Waals surface area (Å²) >= 11 is 0. The van der Waals surface area contributed by atoms with Gasteiger partial charge in [0.25, 0.3) is 0 Å². The zero-order valence-corrected chi connectivity index (χ0v) is 11.9. The second-order valence-electron chi connectivity index (χ2n) is 3.74.